The third-order valence-corrected chi connectivity index (χ3v) is 3.39. The summed E-state index contributed by atoms with van der Waals surface area (Å²) >= 11 is 0. The van der Waals surface area contributed by atoms with E-state index in [0.717, 1.165) is 25.9 Å². The monoisotopic (exact) mass is 271 g/mol. The van der Waals surface area contributed by atoms with E-state index in [0.29, 0.717) is 11.1 Å². The summed E-state index contributed by atoms with van der Waals surface area (Å²) in [5.74, 6) is -0.380. The van der Waals surface area contributed by atoms with Gasteiger partial charge in [-0.2, -0.15) is 5.26 Å². The highest BCUT2D eigenvalue weighted by atomic mass is 16.2. The van der Waals surface area contributed by atoms with E-state index in [1.165, 1.54) is 6.07 Å². The highest BCUT2D eigenvalue weighted by Crippen LogP contribution is 2.10. The van der Waals surface area contributed by atoms with Crippen LogP contribution >= 0.6 is 0 Å². The van der Waals surface area contributed by atoms with Crippen LogP contribution in [0.2, 0.25) is 0 Å². The maximum Gasteiger partial charge on any atom is 0.251 e. The van der Waals surface area contributed by atoms with E-state index in [-0.39, 0.29) is 11.8 Å². The van der Waals surface area contributed by atoms with Crippen LogP contribution in [-0.4, -0.2) is 35.8 Å². The first-order chi connectivity index (χ1) is 9.61. The maximum atomic E-state index is 12.1. The fourth-order valence-electron chi connectivity index (χ4n) is 2.28. The third-order valence-electron chi connectivity index (χ3n) is 3.39. The highest BCUT2D eigenvalue weighted by molar-refractivity contribution is 5.97. The maximum absolute atomic E-state index is 12.1. The third kappa shape index (κ3) is 3.15. The normalized spacial score (nSPS) is 15.5. The lowest BCUT2D eigenvalue weighted by atomic mass is 10.1. The Morgan fingerprint density at radius 1 is 1.35 bits per heavy atom. The summed E-state index contributed by atoms with van der Waals surface area (Å²) in [6.07, 6.45) is 2.05. The molecule has 104 valence electrons. The summed E-state index contributed by atoms with van der Waals surface area (Å²) in [4.78, 5) is 25.9. The molecule has 20 heavy (non-hydrogen) atoms. The Morgan fingerprint density at radius 2 is 2.05 bits per heavy atom. The second kappa shape index (κ2) is 6.20. The molecular formula is C15H17N3O2. The van der Waals surface area contributed by atoms with Gasteiger partial charge >= 0.3 is 0 Å². The topological polar surface area (TPSA) is 73.2 Å². The molecule has 5 heteroatoms. The Kier molecular flexibility index (Phi) is 4.36. The van der Waals surface area contributed by atoms with E-state index >= 15 is 0 Å². The van der Waals surface area contributed by atoms with Crippen LogP contribution in [0.4, 0.5) is 0 Å². The van der Waals surface area contributed by atoms with Crippen LogP contribution in [0.1, 0.15) is 35.7 Å². The smallest absolute Gasteiger partial charge is 0.251 e. The van der Waals surface area contributed by atoms with E-state index in [9.17, 15) is 9.59 Å². The van der Waals surface area contributed by atoms with Crippen molar-refractivity contribution in [3.05, 3.63) is 35.4 Å². The molecule has 2 amide bonds. The molecule has 5 nitrogen and oxygen atoms in total. The molecule has 1 aliphatic rings. The zero-order valence-corrected chi connectivity index (χ0v) is 11.4. The van der Waals surface area contributed by atoms with Gasteiger partial charge in [-0.25, -0.2) is 0 Å². The Balaban J connectivity index is 1.99. The molecule has 1 aromatic carbocycles. The SMILES string of the molecule is CC(NC(=O)c1cccc(C#N)c1)C(=O)N1CCCC1. The van der Waals surface area contributed by atoms with Crippen molar-refractivity contribution in [2.24, 2.45) is 0 Å². The average molecular weight is 271 g/mol. The molecule has 1 unspecified atom stereocenters. The number of benzene rings is 1. The molecule has 0 saturated carbocycles. The highest BCUT2D eigenvalue weighted by Gasteiger charge is 2.24. The molecule has 2 rings (SSSR count). The van der Waals surface area contributed by atoms with E-state index in [4.69, 9.17) is 5.26 Å². The van der Waals surface area contributed by atoms with Crippen molar-refractivity contribution >= 4 is 11.8 Å². The lowest BCUT2D eigenvalue weighted by molar-refractivity contribution is -0.131. The number of nitrogens with one attached hydrogen (secondary N) is 1. The summed E-state index contributed by atoms with van der Waals surface area (Å²) in [6.45, 7) is 3.22. The van der Waals surface area contributed by atoms with Gasteiger partial charge in [0, 0.05) is 18.7 Å². The molecule has 1 fully saturated rings. The predicted molar refractivity (Wildman–Crippen MR) is 73.9 cm³/mol. The minimum Gasteiger partial charge on any atom is -0.341 e. The molecule has 1 aromatic rings. The molecule has 1 N–H and O–H groups in total. The number of likely N-dealkylation sites (tertiary alicyclic amines) is 1. The van der Waals surface area contributed by atoms with Crippen molar-refractivity contribution in [2.75, 3.05) is 13.1 Å². The van der Waals surface area contributed by atoms with Crippen molar-refractivity contribution in [3.63, 3.8) is 0 Å². The van der Waals surface area contributed by atoms with Gasteiger partial charge in [0.05, 0.1) is 11.6 Å². The van der Waals surface area contributed by atoms with Gasteiger partial charge < -0.3 is 10.2 Å². The number of nitriles is 1. The van der Waals surface area contributed by atoms with Crippen LogP contribution in [0, 0.1) is 11.3 Å². The first-order valence-electron chi connectivity index (χ1n) is 6.71. The van der Waals surface area contributed by atoms with Crippen molar-refractivity contribution in [2.45, 2.75) is 25.8 Å². The van der Waals surface area contributed by atoms with Crippen LogP contribution in [0.3, 0.4) is 0 Å². The summed E-state index contributed by atoms with van der Waals surface area (Å²) in [5.41, 5.74) is 0.821. The quantitative estimate of drug-likeness (QED) is 0.900. The molecule has 0 radical (unpaired) electrons. The molecule has 1 aliphatic heterocycles. The van der Waals surface area contributed by atoms with Crippen molar-refractivity contribution in [3.8, 4) is 6.07 Å². The molecular weight excluding hydrogens is 254 g/mol. The summed E-state index contributed by atoms with van der Waals surface area (Å²) in [7, 11) is 0. The van der Waals surface area contributed by atoms with Crippen LogP contribution in [0.15, 0.2) is 24.3 Å². The van der Waals surface area contributed by atoms with E-state index in [1.54, 1.807) is 30.0 Å². The minimum absolute atomic E-state index is 0.0488. The molecule has 1 atom stereocenters. The number of nitrogens with zero attached hydrogens (tertiary/aromatic N) is 2. The van der Waals surface area contributed by atoms with Gasteiger partial charge in [0.2, 0.25) is 5.91 Å². The molecule has 1 heterocycles. The zero-order valence-electron chi connectivity index (χ0n) is 11.4. The van der Waals surface area contributed by atoms with Crippen molar-refractivity contribution < 1.29 is 9.59 Å². The van der Waals surface area contributed by atoms with Gasteiger partial charge in [-0.3, -0.25) is 9.59 Å². The van der Waals surface area contributed by atoms with Gasteiger partial charge in [-0.05, 0) is 38.0 Å². The number of hydrogen-bond acceptors (Lipinski definition) is 3. The molecule has 1 saturated heterocycles. The number of amides is 2. The lowest BCUT2D eigenvalue weighted by Gasteiger charge is -2.21. The number of rotatable bonds is 3. The van der Waals surface area contributed by atoms with Crippen LogP contribution in [-0.2, 0) is 4.79 Å². The standard InChI is InChI=1S/C15H17N3O2/c1-11(15(20)18-7-2-3-8-18)17-14(19)13-6-4-5-12(9-13)10-16/h4-6,9,11H,2-3,7-8H2,1H3,(H,17,19). The first-order valence-corrected chi connectivity index (χ1v) is 6.71. The Morgan fingerprint density at radius 3 is 2.70 bits per heavy atom. The fourth-order valence-corrected chi connectivity index (χ4v) is 2.28. The lowest BCUT2D eigenvalue weighted by Crippen LogP contribution is -2.45. The molecule has 0 spiro atoms. The second-order valence-electron chi connectivity index (χ2n) is 4.92. The summed E-state index contributed by atoms with van der Waals surface area (Å²) in [5, 5.41) is 11.5. The van der Waals surface area contributed by atoms with Gasteiger partial charge in [-0.15, -0.1) is 0 Å². The molecule has 0 bridgehead atoms. The van der Waals surface area contributed by atoms with Crippen LogP contribution < -0.4 is 5.32 Å². The van der Waals surface area contributed by atoms with Crippen LogP contribution in [0.5, 0.6) is 0 Å². The number of hydrogen-bond donors (Lipinski definition) is 1. The zero-order chi connectivity index (χ0) is 14.5. The van der Waals surface area contributed by atoms with Gasteiger partial charge in [0.15, 0.2) is 0 Å². The van der Waals surface area contributed by atoms with E-state index in [1.807, 2.05) is 6.07 Å². The summed E-state index contributed by atoms with van der Waals surface area (Å²) < 4.78 is 0. The first kappa shape index (κ1) is 14.1. The molecule has 0 aliphatic carbocycles. The van der Waals surface area contributed by atoms with E-state index in [2.05, 4.69) is 5.32 Å². The fraction of sp³-hybridized carbons (Fsp3) is 0.400. The van der Waals surface area contributed by atoms with Gasteiger partial charge in [-0.1, -0.05) is 6.07 Å². The average Bonchev–Trinajstić information content (AvgIpc) is 3.00. The minimum atomic E-state index is -0.550. The second-order valence-corrected chi connectivity index (χ2v) is 4.92. The molecule has 0 aromatic heterocycles. The predicted octanol–water partition coefficient (Wildman–Crippen LogP) is 1.30. The van der Waals surface area contributed by atoms with E-state index < -0.39 is 6.04 Å². The Bertz CT molecular complexity index is 556. The largest absolute Gasteiger partial charge is 0.341 e. The Hall–Kier alpha value is -2.35. The number of carbonyl (C=O) groups excluding carboxylic acids is 2. The van der Waals surface area contributed by atoms with Crippen molar-refractivity contribution in [1.82, 2.24) is 10.2 Å². The van der Waals surface area contributed by atoms with Gasteiger partial charge in [0.25, 0.3) is 5.91 Å². The Labute approximate surface area is 118 Å². The van der Waals surface area contributed by atoms with Crippen molar-refractivity contribution in [1.29, 1.82) is 5.26 Å². The van der Waals surface area contributed by atoms with Crippen LogP contribution in [0.25, 0.3) is 0 Å². The number of carbonyl (C=O) groups is 2. The summed E-state index contributed by atoms with van der Waals surface area (Å²) in [6, 6.07) is 7.87. The van der Waals surface area contributed by atoms with Gasteiger partial charge in [0.1, 0.15) is 6.04 Å².